The van der Waals surface area contributed by atoms with E-state index in [1.165, 1.54) is 7.11 Å². The van der Waals surface area contributed by atoms with Gasteiger partial charge in [0.1, 0.15) is 12.3 Å². The monoisotopic (exact) mass is 318 g/mol. The van der Waals surface area contributed by atoms with E-state index in [0.717, 1.165) is 10.8 Å². The minimum atomic E-state index is -1.08. The highest BCUT2D eigenvalue weighted by Crippen LogP contribution is 2.26. The van der Waals surface area contributed by atoms with Gasteiger partial charge in [-0.15, -0.1) is 0 Å². The van der Waals surface area contributed by atoms with E-state index >= 15 is 0 Å². The van der Waals surface area contributed by atoms with Gasteiger partial charge in [-0.05, 0) is 12.1 Å². The minimum Gasteiger partial charge on any atom is -0.496 e. The first-order valence-corrected chi connectivity index (χ1v) is 6.53. The van der Waals surface area contributed by atoms with Crippen LogP contribution >= 0.6 is 0 Å². The number of hydrogen-bond donors (Lipinski definition) is 1. The van der Waals surface area contributed by atoms with Crippen LogP contribution in [0.15, 0.2) is 44.6 Å². The van der Waals surface area contributed by atoms with E-state index in [1.807, 2.05) is 4.98 Å². The predicted octanol–water partition coefficient (Wildman–Crippen LogP) is 0.783. The van der Waals surface area contributed by atoms with Crippen molar-refractivity contribution in [2.24, 2.45) is 0 Å². The summed E-state index contributed by atoms with van der Waals surface area (Å²) in [6.07, 6.45) is 0.786. The summed E-state index contributed by atoms with van der Waals surface area (Å²) in [5, 5.41) is 3.81. The smallest absolute Gasteiger partial charge is 0.328 e. The molecule has 3 aromatic rings. The molecule has 0 aliphatic carbocycles. The summed E-state index contributed by atoms with van der Waals surface area (Å²) in [5.41, 5.74) is -1.23. The van der Waals surface area contributed by atoms with Crippen LogP contribution in [0.3, 0.4) is 0 Å². The zero-order chi connectivity index (χ0) is 16.4. The summed E-state index contributed by atoms with van der Waals surface area (Å²) in [4.78, 5) is 28.6. The number of nitrogens with zero attached hydrogens (tertiary/aromatic N) is 3. The van der Waals surface area contributed by atoms with Crippen molar-refractivity contribution < 1.29 is 13.7 Å². The van der Waals surface area contributed by atoms with Gasteiger partial charge in [-0.25, -0.2) is 4.79 Å². The number of nitrogens with one attached hydrogen (secondary N) is 1. The normalized spacial score (nSPS) is 10.7. The molecule has 0 aliphatic rings. The Morgan fingerprint density at radius 1 is 1.35 bits per heavy atom. The lowest BCUT2D eigenvalue weighted by Gasteiger charge is -2.03. The van der Waals surface area contributed by atoms with Crippen molar-refractivity contribution in [3.05, 3.63) is 63.0 Å². The van der Waals surface area contributed by atoms with Crippen molar-refractivity contribution in [2.45, 2.75) is 6.54 Å². The van der Waals surface area contributed by atoms with Crippen molar-refractivity contribution >= 4 is 0 Å². The molecule has 8 nitrogen and oxygen atoms in total. The van der Waals surface area contributed by atoms with Crippen LogP contribution in [0.25, 0.3) is 11.4 Å². The van der Waals surface area contributed by atoms with Crippen LogP contribution in [-0.2, 0) is 6.54 Å². The van der Waals surface area contributed by atoms with E-state index in [4.69, 9.17) is 9.26 Å². The number of methoxy groups -OCH3 is 1. The fourth-order valence-corrected chi connectivity index (χ4v) is 2.00. The van der Waals surface area contributed by atoms with Crippen molar-refractivity contribution in [3.63, 3.8) is 0 Å². The van der Waals surface area contributed by atoms with Crippen LogP contribution in [0, 0.1) is 5.82 Å². The number of hydrogen-bond acceptors (Lipinski definition) is 6. The molecule has 1 aromatic carbocycles. The molecule has 118 valence electrons. The van der Waals surface area contributed by atoms with Crippen molar-refractivity contribution in [3.8, 4) is 17.1 Å². The Labute approximate surface area is 128 Å². The SMILES string of the molecule is COc1ccccc1-c1noc(Cn2cc(F)c(=O)[nH]c2=O)n1. The first kappa shape index (κ1) is 14.7. The van der Waals surface area contributed by atoms with Crippen LogP contribution in [-0.4, -0.2) is 26.8 Å². The highest BCUT2D eigenvalue weighted by molar-refractivity contribution is 5.63. The first-order valence-electron chi connectivity index (χ1n) is 6.53. The molecule has 9 heteroatoms. The average Bonchev–Trinajstić information content (AvgIpc) is 3.01. The quantitative estimate of drug-likeness (QED) is 0.762. The molecule has 0 bridgehead atoms. The molecule has 0 unspecified atom stereocenters. The number of para-hydroxylation sites is 1. The third-order valence-corrected chi connectivity index (χ3v) is 3.09. The van der Waals surface area contributed by atoms with Gasteiger partial charge >= 0.3 is 5.69 Å². The predicted molar refractivity (Wildman–Crippen MR) is 76.7 cm³/mol. The third-order valence-electron chi connectivity index (χ3n) is 3.09. The van der Waals surface area contributed by atoms with E-state index in [1.54, 1.807) is 24.3 Å². The molecule has 1 N–H and O–H groups in total. The molecule has 0 spiro atoms. The van der Waals surface area contributed by atoms with Gasteiger partial charge in [-0.1, -0.05) is 17.3 Å². The molecule has 0 atom stereocenters. The first-order chi connectivity index (χ1) is 11.1. The molecule has 23 heavy (non-hydrogen) atoms. The second kappa shape index (κ2) is 5.87. The van der Waals surface area contributed by atoms with Gasteiger partial charge in [-0.2, -0.15) is 9.37 Å². The van der Waals surface area contributed by atoms with Crippen molar-refractivity contribution in [1.29, 1.82) is 0 Å². The minimum absolute atomic E-state index is 0.0828. The molecule has 0 amide bonds. The van der Waals surface area contributed by atoms with E-state index < -0.39 is 17.1 Å². The summed E-state index contributed by atoms with van der Waals surface area (Å²) in [6.45, 7) is -0.172. The van der Waals surface area contributed by atoms with Gasteiger partial charge < -0.3 is 9.26 Å². The lowest BCUT2D eigenvalue weighted by molar-refractivity contribution is 0.367. The maximum absolute atomic E-state index is 13.2. The average molecular weight is 318 g/mol. The highest BCUT2D eigenvalue weighted by Gasteiger charge is 2.14. The van der Waals surface area contributed by atoms with Gasteiger partial charge in [0, 0.05) is 0 Å². The van der Waals surface area contributed by atoms with E-state index in [9.17, 15) is 14.0 Å². The van der Waals surface area contributed by atoms with Gasteiger partial charge in [0.15, 0.2) is 0 Å². The summed E-state index contributed by atoms with van der Waals surface area (Å²) >= 11 is 0. The van der Waals surface area contributed by atoms with Gasteiger partial charge in [0.05, 0.1) is 18.9 Å². The summed E-state index contributed by atoms with van der Waals surface area (Å²) in [5.74, 6) is -0.156. The highest BCUT2D eigenvalue weighted by atomic mass is 19.1. The fraction of sp³-hybridized carbons (Fsp3) is 0.143. The van der Waals surface area contributed by atoms with E-state index in [2.05, 4.69) is 10.1 Å². The molecular formula is C14H11FN4O4. The molecule has 3 rings (SSSR count). The summed E-state index contributed by atoms with van der Waals surface area (Å²) < 4.78 is 24.4. The maximum Gasteiger partial charge on any atom is 0.328 e. The van der Waals surface area contributed by atoms with Crippen LogP contribution in [0.1, 0.15) is 5.89 Å². The number of aromatic nitrogens is 4. The largest absolute Gasteiger partial charge is 0.496 e. The number of rotatable bonds is 4. The zero-order valence-electron chi connectivity index (χ0n) is 11.9. The molecule has 0 aliphatic heterocycles. The van der Waals surface area contributed by atoms with E-state index in [-0.39, 0.29) is 18.3 Å². The Morgan fingerprint density at radius 3 is 2.91 bits per heavy atom. The van der Waals surface area contributed by atoms with Gasteiger partial charge in [0.2, 0.25) is 17.5 Å². The number of halogens is 1. The zero-order valence-corrected chi connectivity index (χ0v) is 11.9. The standard InChI is InChI=1S/C14H11FN4O4/c1-22-10-5-3-2-4-8(10)12-16-11(23-18-12)7-19-6-9(15)13(20)17-14(19)21/h2-6H,7H2,1H3,(H,17,20,21). The second-order valence-electron chi connectivity index (χ2n) is 4.58. The Morgan fingerprint density at radius 2 is 2.13 bits per heavy atom. The molecular weight excluding hydrogens is 307 g/mol. The lowest BCUT2D eigenvalue weighted by Crippen LogP contribution is -2.31. The van der Waals surface area contributed by atoms with E-state index in [0.29, 0.717) is 11.3 Å². The maximum atomic E-state index is 13.2. The second-order valence-corrected chi connectivity index (χ2v) is 4.58. The van der Waals surface area contributed by atoms with Crippen LogP contribution in [0.4, 0.5) is 4.39 Å². The third kappa shape index (κ3) is 2.89. The number of aromatic amines is 1. The van der Waals surface area contributed by atoms with Crippen LogP contribution in [0.5, 0.6) is 5.75 Å². The Balaban J connectivity index is 1.93. The molecule has 2 aromatic heterocycles. The fourth-order valence-electron chi connectivity index (χ4n) is 2.00. The molecule has 0 radical (unpaired) electrons. The molecule has 0 saturated carbocycles. The topological polar surface area (TPSA) is 103 Å². The Bertz CT molecular complexity index is 960. The molecule has 2 heterocycles. The summed E-state index contributed by atoms with van der Waals surface area (Å²) in [7, 11) is 1.52. The number of benzene rings is 1. The van der Waals surface area contributed by atoms with Crippen LogP contribution < -0.4 is 16.0 Å². The molecule has 0 fully saturated rings. The lowest BCUT2D eigenvalue weighted by atomic mass is 10.2. The van der Waals surface area contributed by atoms with Crippen molar-refractivity contribution in [2.75, 3.05) is 7.11 Å². The van der Waals surface area contributed by atoms with Gasteiger partial charge in [-0.3, -0.25) is 14.3 Å². The number of ether oxygens (including phenoxy) is 1. The number of H-pyrrole nitrogens is 1. The molecule has 0 saturated heterocycles. The Hall–Kier alpha value is -3.23. The Kier molecular flexibility index (Phi) is 3.75. The van der Waals surface area contributed by atoms with Crippen molar-refractivity contribution in [1.82, 2.24) is 19.7 Å². The van der Waals surface area contributed by atoms with Gasteiger partial charge in [0.25, 0.3) is 5.56 Å². The van der Waals surface area contributed by atoms with Crippen LogP contribution in [0.2, 0.25) is 0 Å². The summed E-state index contributed by atoms with van der Waals surface area (Å²) in [6, 6.07) is 7.08.